The van der Waals surface area contributed by atoms with E-state index >= 15 is 0 Å². The van der Waals surface area contributed by atoms with Gasteiger partial charge in [-0.3, -0.25) is 9.69 Å². The zero-order valence-electron chi connectivity index (χ0n) is 14.4. The van der Waals surface area contributed by atoms with Crippen LogP contribution in [-0.4, -0.2) is 28.9 Å². The summed E-state index contributed by atoms with van der Waals surface area (Å²) in [5.74, 6) is 0. The topological polar surface area (TPSA) is 75.3 Å². The van der Waals surface area contributed by atoms with Crippen molar-refractivity contribution < 1.29 is 9.53 Å². The van der Waals surface area contributed by atoms with Crippen molar-refractivity contribution in [2.24, 2.45) is 0 Å². The van der Waals surface area contributed by atoms with Gasteiger partial charge < -0.3 is 4.74 Å². The van der Waals surface area contributed by atoms with Crippen LogP contribution in [0.5, 0.6) is 0 Å². The second-order valence-electron chi connectivity index (χ2n) is 6.40. The van der Waals surface area contributed by atoms with Gasteiger partial charge in [0.25, 0.3) is 5.56 Å². The molecule has 0 spiro atoms. The van der Waals surface area contributed by atoms with Crippen molar-refractivity contribution in [3.63, 3.8) is 0 Å². The van der Waals surface area contributed by atoms with E-state index in [2.05, 4.69) is 17.1 Å². The molecule has 2 heterocycles. The number of nitrogens with zero attached hydrogens (tertiary/aromatic N) is 2. The van der Waals surface area contributed by atoms with Gasteiger partial charge in [-0.15, -0.1) is 0 Å². The molecule has 1 N–H and O–H groups in total. The highest BCUT2D eigenvalue weighted by Crippen LogP contribution is 2.28. The van der Waals surface area contributed by atoms with Gasteiger partial charge in [0.2, 0.25) is 0 Å². The normalized spacial score (nSPS) is 16.9. The van der Waals surface area contributed by atoms with Crippen molar-refractivity contribution in [2.45, 2.75) is 25.9 Å². The number of benzene rings is 2. The lowest BCUT2D eigenvalue weighted by molar-refractivity contribution is 0.136. The summed E-state index contributed by atoms with van der Waals surface area (Å²) in [4.78, 5) is 25.7. The van der Waals surface area contributed by atoms with E-state index < -0.39 is 0 Å². The Morgan fingerprint density at radius 3 is 2.58 bits per heavy atom. The van der Waals surface area contributed by atoms with Crippen LogP contribution < -0.4 is 10.5 Å². The molecule has 3 aromatic rings. The van der Waals surface area contributed by atoms with E-state index in [1.54, 1.807) is 11.0 Å². The first-order valence-electron chi connectivity index (χ1n) is 8.73. The van der Waals surface area contributed by atoms with Gasteiger partial charge in [-0.2, -0.15) is 5.10 Å². The van der Waals surface area contributed by atoms with Gasteiger partial charge in [0, 0.05) is 16.6 Å². The predicted octanol–water partition coefficient (Wildman–Crippen LogP) is 3.72. The lowest BCUT2D eigenvalue weighted by Crippen LogP contribution is -2.24. The number of ether oxygens (including phenoxy) is 1. The SMILES string of the molecule is CCCC1CN(c2ccc(-c3n[nH]c(=O)c4ccccc34)cc2)C(=O)O1. The number of aromatic nitrogens is 2. The Hall–Kier alpha value is -3.15. The zero-order valence-corrected chi connectivity index (χ0v) is 14.4. The Bertz CT molecular complexity index is 1010. The third-order valence-electron chi connectivity index (χ3n) is 4.63. The average molecular weight is 349 g/mol. The number of aromatic amines is 1. The van der Waals surface area contributed by atoms with Crippen LogP contribution in [0, 0.1) is 0 Å². The molecule has 0 bridgehead atoms. The molecule has 1 fully saturated rings. The number of carbonyl (C=O) groups is 1. The largest absolute Gasteiger partial charge is 0.444 e. The first kappa shape index (κ1) is 16.3. The number of nitrogens with one attached hydrogen (secondary N) is 1. The molecule has 1 aliphatic rings. The molecule has 1 aromatic heterocycles. The maximum Gasteiger partial charge on any atom is 0.414 e. The van der Waals surface area contributed by atoms with Crippen LogP contribution >= 0.6 is 0 Å². The molecule has 0 radical (unpaired) electrons. The van der Waals surface area contributed by atoms with E-state index in [-0.39, 0.29) is 17.8 Å². The molecule has 0 aliphatic carbocycles. The predicted molar refractivity (Wildman–Crippen MR) is 100 cm³/mol. The summed E-state index contributed by atoms with van der Waals surface area (Å²) in [6.07, 6.45) is 1.50. The van der Waals surface area contributed by atoms with Crippen molar-refractivity contribution in [3.8, 4) is 11.3 Å². The van der Waals surface area contributed by atoms with E-state index in [9.17, 15) is 9.59 Å². The number of hydrogen-bond acceptors (Lipinski definition) is 4. The number of amides is 1. The number of carbonyl (C=O) groups excluding carboxylic acids is 1. The highest BCUT2D eigenvalue weighted by molar-refractivity contribution is 5.94. The monoisotopic (exact) mass is 349 g/mol. The van der Waals surface area contributed by atoms with Gasteiger partial charge >= 0.3 is 6.09 Å². The minimum Gasteiger partial charge on any atom is -0.444 e. The lowest BCUT2D eigenvalue weighted by Gasteiger charge is -2.13. The minimum absolute atomic E-state index is 0.0445. The molecule has 6 nitrogen and oxygen atoms in total. The van der Waals surface area contributed by atoms with Gasteiger partial charge in [-0.05, 0) is 24.6 Å². The van der Waals surface area contributed by atoms with Crippen LogP contribution in [0.25, 0.3) is 22.0 Å². The molecule has 1 amide bonds. The van der Waals surface area contributed by atoms with Crippen molar-refractivity contribution in [1.29, 1.82) is 0 Å². The summed E-state index contributed by atoms with van der Waals surface area (Å²) in [7, 11) is 0. The molecule has 1 unspecified atom stereocenters. The van der Waals surface area contributed by atoms with Crippen molar-refractivity contribution in [1.82, 2.24) is 10.2 Å². The van der Waals surface area contributed by atoms with E-state index in [1.807, 2.05) is 42.5 Å². The Labute approximate surface area is 150 Å². The Morgan fingerprint density at radius 2 is 1.85 bits per heavy atom. The smallest absolute Gasteiger partial charge is 0.414 e. The van der Waals surface area contributed by atoms with Crippen LogP contribution in [0.15, 0.2) is 53.3 Å². The van der Waals surface area contributed by atoms with Crippen molar-refractivity contribution in [2.75, 3.05) is 11.4 Å². The number of anilines is 1. The molecule has 2 aromatic carbocycles. The Balaban J connectivity index is 1.66. The van der Waals surface area contributed by atoms with Gasteiger partial charge in [0.1, 0.15) is 6.10 Å². The maximum absolute atomic E-state index is 12.1. The third-order valence-corrected chi connectivity index (χ3v) is 4.63. The van der Waals surface area contributed by atoms with E-state index in [1.165, 1.54) is 0 Å². The van der Waals surface area contributed by atoms with Gasteiger partial charge in [-0.25, -0.2) is 9.89 Å². The first-order chi connectivity index (χ1) is 12.7. The molecular weight excluding hydrogens is 330 g/mol. The fourth-order valence-electron chi connectivity index (χ4n) is 3.34. The molecule has 0 saturated carbocycles. The minimum atomic E-state index is -0.302. The summed E-state index contributed by atoms with van der Waals surface area (Å²) < 4.78 is 5.39. The third kappa shape index (κ3) is 2.83. The first-order valence-corrected chi connectivity index (χ1v) is 8.73. The fourth-order valence-corrected chi connectivity index (χ4v) is 3.34. The van der Waals surface area contributed by atoms with Crippen LogP contribution in [-0.2, 0) is 4.74 Å². The van der Waals surface area contributed by atoms with Crippen LogP contribution in [0.2, 0.25) is 0 Å². The molecule has 4 rings (SSSR count). The standard InChI is InChI=1S/C20H19N3O3/c1-2-5-15-12-23(20(25)26-15)14-10-8-13(9-11-14)18-16-6-3-4-7-17(16)19(24)22-21-18/h3-4,6-11,15H,2,5,12H2,1H3,(H,22,24). The van der Waals surface area contributed by atoms with Crippen LogP contribution in [0.1, 0.15) is 19.8 Å². The van der Waals surface area contributed by atoms with E-state index in [0.29, 0.717) is 17.6 Å². The maximum atomic E-state index is 12.1. The summed E-state index contributed by atoms with van der Waals surface area (Å²) in [6.45, 7) is 2.65. The zero-order chi connectivity index (χ0) is 18.1. The average Bonchev–Trinajstić information content (AvgIpc) is 3.03. The number of rotatable bonds is 4. The number of cyclic esters (lactones) is 1. The molecule has 6 heteroatoms. The number of hydrogen-bond donors (Lipinski definition) is 1. The van der Waals surface area contributed by atoms with Crippen molar-refractivity contribution in [3.05, 3.63) is 58.9 Å². The van der Waals surface area contributed by atoms with E-state index in [4.69, 9.17) is 4.74 Å². The highest BCUT2D eigenvalue weighted by atomic mass is 16.6. The van der Waals surface area contributed by atoms with E-state index in [0.717, 1.165) is 29.5 Å². The summed E-state index contributed by atoms with van der Waals surface area (Å²) in [6, 6.07) is 15.0. The van der Waals surface area contributed by atoms with Gasteiger partial charge in [0.05, 0.1) is 17.6 Å². The molecule has 1 aliphatic heterocycles. The molecule has 1 saturated heterocycles. The fraction of sp³-hybridized carbons (Fsp3) is 0.250. The Morgan fingerprint density at radius 1 is 1.12 bits per heavy atom. The molecule has 1 atom stereocenters. The summed E-state index contributed by atoms with van der Waals surface area (Å²) in [5.41, 5.74) is 2.17. The number of H-pyrrole nitrogens is 1. The van der Waals surface area contributed by atoms with Gasteiger partial charge in [-0.1, -0.05) is 43.7 Å². The van der Waals surface area contributed by atoms with Crippen LogP contribution in [0.3, 0.4) is 0 Å². The lowest BCUT2D eigenvalue weighted by atomic mass is 10.0. The van der Waals surface area contributed by atoms with Crippen molar-refractivity contribution >= 4 is 22.6 Å². The second kappa shape index (κ2) is 6.63. The second-order valence-corrected chi connectivity index (χ2v) is 6.40. The Kier molecular flexibility index (Phi) is 4.16. The summed E-state index contributed by atoms with van der Waals surface area (Å²) in [5, 5.41) is 8.16. The summed E-state index contributed by atoms with van der Waals surface area (Å²) >= 11 is 0. The quantitative estimate of drug-likeness (QED) is 0.779. The molecule has 132 valence electrons. The highest BCUT2D eigenvalue weighted by Gasteiger charge is 2.31. The number of fused-ring (bicyclic) bond motifs is 1. The van der Waals surface area contributed by atoms with Gasteiger partial charge in [0.15, 0.2) is 0 Å². The molecular formula is C20H19N3O3. The molecule has 26 heavy (non-hydrogen) atoms. The van der Waals surface area contributed by atoms with Crippen LogP contribution in [0.4, 0.5) is 10.5 Å².